The van der Waals surface area contributed by atoms with Gasteiger partial charge >= 0.3 is 0 Å². The summed E-state index contributed by atoms with van der Waals surface area (Å²) in [7, 11) is 1.70. The molecule has 0 aliphatic carbocycles. The predicted molar refractivity (Wildman–Crippen MR) is 76.8 cm³/mol. The normalized spacial score (nSPS) is 10.4. The molecule has 2 aromatic carbocycles. The average molecular weight is 257 g/mol. The first-order valence-corrected chi connectivity index (χ1v) is 6.33. The van der Waals surface area contributed by atoms with Crippen LogP contribution in [0.25, 0.3) is 0 Å². The highest BCUT2D eigenvalue weighted by Crippen LogP contribution is 2.16. The topological polar surface area (TPSA) is 41.5 Å². The van der Waals surface area contributed by atoms with Crippen LogP contribution in [0.5, 0.6) is 0 Å². The highest BCUT2D eigenvalue weighted by Gasteiger charge is 2.00. The third-order valence-electron chi connectivity index (χ3n) is 3.00. The van der Waals surface area contributed by atoms with Gasteiger partial charge in [-0.2, -0.15) is 0 Å². The van der Waals surface area contributed by atoms with E-state index >= 15 is 0 Å². The molecule has 0 amide bonds. The maximum absolute atomic E-state index is 9.26. The molecule has 19 heavy (non-hydrogen) atoms. The Kier molecular flexibility index (Phi) is 4.95. The van der Waals surface area contributed by atoms with E-state index in [1.54, 1.807) is 7.11 Å². The van der Waals surface area contributed by atoms with Gasteiger partial charge in [-0.15, -0.1) is 0 Å². The van der Waals surface area contributed by atoms with Crippen molar-refractivity contribution >= 4 is 5.69 Å². The number of hydrogen-bond donors (Lipinski definition) is 2. The second kappa shape index (κ2) is 6.92. The first kappa shape index (κ1) is 13.6. The second-order valence-corrected chi connectivity index (χ2v) is 4.42. The van der Waals surface area contributed by atoms with Crippen LogP contribution >= 0.6 is 0 Å². The number of aliphatic hydroxyl groups excluding tert-OH is 1. The van der Waals surface area contributed by atoms with E-state index in [1.165, 1.54) is 11.1 Å². The van der Waals surface area contributed by atoms with Gasteiger partial charge in [0, 0.05) is 24.9 Å². The van der Waals surface area contributed by atoms with Crippen molar-refractivity contribution in [3.05, 3.63) is 65.2 Å². The maximum atomic E-state index is 9.26. The number of ether oxygens (including phenoxy) is 1. The van der Waals surface area contributed by atoms with Gasteiger partial charge in [0.05, 0.1) is 13.2 Å². The zero-order valence-electron chi connectivity index (χ0n) is 11.1. The van der Waals surface area contributed by atoms with Crippen LogP contribution in [0.2, 0.25) is 0 Å². The van der Waals surface area contributed by atoms with E-state index in [9.17, 15) is 5.11 Å². The Morgan fingerprint density at radius 2 is 1.68 bits per heavy atom. The minimum absolute atomic E-state index is 0.0515. The number of rotatable bonds is 6. The van der Waals surface area contributed by atoms with Gasteiger partial charge in [0.2, 0.25) is 0 Å². The quantitative estimate of drug-likeness (QED) is 0.836. The Bertz CT molecular complexity index is 508. The first-order valence-electron chi connectivity index (χ1n) is 6.33. The van der Waals surface area contributed by atoms with Crippen LogP contribution < -0.4 is 5.32 Å². The van der Waals surface area contributed by atoms with E-state index in [-0.39, 0.29) is 6.61 Å². The summed E-state index contributed by atoms with van der Waals surface area (Å²) in [5, 5.41) is 12.6. The van der Waals surface area contributed by atoms with Crippen molar-refractivity contribution in [3.63, 3.8) is 0 Å². The monoisotopic (exact) mass is 257 g/mol. The molecule has 0 unspecified atom stereocenters. The maximum Gasteiger partial charge on any atom is 0.0713 e. The Morgan fingerprint density at radius 1 is 1.00 bits per heavy atom. The predicted octanol–water partition coefficient (Wildman–Crippen LogP) is 2.94. The average Bonchev–Trinajstić information content (AvgIpc) is 2.47. The number of para-hydroxylation sites is 1. The van der Waals surface area contributed by atoms with E-state index in [1.807, 2.05) is 24.3 Å². The lowest BCUT2D eigenvalue weighted by Crippen LogP contribution is -2.02. The zero-order valence-corrected chi connectivity index (χ0v) is 11.1. The van der Waals surface area contributed by atoms with Gasteiger partial charge in [0.25, 0.3) is 0 Å². The molecule has 0 fully saturated rings. The molecule has 2 N–H and O–H groups in total. The van der Waals surface area contributed by atoms with E-state index in [0.29, 0.717) is 6.61 Å². The molecule has 2 rings (SSSR count). The summed E-state index contributed by atoms with van der Waals surface area (Å²) in [6.07, 6.45) is 0. The highest BCUT2D eigenvalue weighted by atomic mass is 16.5. The molecule has 0 saturated carbocycles. The highest BCUT2D eigenvalue weighted by molar-refractivity contribution is 5.51. The van der Waals surface area contributed by atoms with E-state index in [2.05, 4.69) is 29.6 Å². The number of hydrogen-bond acceptors (Lipinski definition) is 3. The fraction of sp³-hybridized carbons (Fsp3) is 0.250. The fourth-order valence-electron chi connectivity index (χ4n) is 1.95. The van der Waals surface area contributed by atoms with E-state index in [4.69, 9.17) is 4.74 Å². The van der Waals surface area contributed by atoms with Crippen LogP contribution in [0.1, 0.15) is 16.7 Å². The van der Waals surface area contributed by atoms with Crippen LogP contribution in [-0.2, 0) is 24.5 Å². The van der Waals surface area contributed by atoms with E-state index < -0.39 is 0 Å². The van der Waals surface area contributed by atoms with Crippen molar-refractivity contribution in [2.24, 2.45) is 0 Å². The number of anilines is 1. The number of benzene rings is 2. The van der Waals surface area contributed by atoms with Gasteiger partial charge in [0.15, 0.2) is 0 Å². The molecule has 0 bridgehead atoms. The molecule has 3 nitrogen and oxygen atoms in total. The van der Waals surface area contributed by atoms with Crippen molar-refractivity contribution in [2.75, 3.05) is 12.4 Å². The van der Waals surface area contributed by atoms with Crippen molar-refractivity contribution in [3.8, 4) is 0 Å². The van der Waals surface area contributed by atoms with Crippen LogP contribution in [0, 0.1) is 0 Å². The standard InChI is InChI=1S/C16H19NO2/c1-19-12-14-8-6-13(7-9-14)10-17-16-5-3-2-4-15(16)11-18/h2-9,17-18H,10-12H2,1H3. The SMILES string of the molecule is COCc1ccc(CNc2ccccc2CO)cc1. The minimum Gasteiger partial charge on any atom is -0.392 e. The van der Waals surface area contributed by atoms with Crippen LogP contribution in [0.3, 0.4) is 0 Å². The van der Waals surface area contributed by atoms with Crippen molar-refractivity contribution in [1.82, 2.24) is 0 Å². The van der Waals surface area contributed by atoms with Gasteiger partial charge < -0.3 is 15.2 Å². The molecule has 2 aromatic rings. The summed E-state index contributed by atoms with van der Waals surface area (Å²) >= 11 is 0. The van der Waals surface area contributed by atoms with Crippen molar-refractivity contribution in [2.45, 2.75) is 19.8 Å². The van der Waals surface area contributed by atoms with E-state index in [0.717, 1.165) is 17.8 Å². The molecule has 0 aromatic heterocycles. The molecule has 0 heterocycles. The lowest BCUT2D eigenvalue weighted by molar-refractivity contribution is 0.185. The summed E-state index contributed by atoms with van der Waals surface area (Å²) < 4.78 is 5.08. The number of aliphatic hydroxyl groups is 1. The van der Waals surface area contributed by atoms with Crippen LogP contribution in [-0.4, -0.2) is 12.2 Å². The Balaban J connectivity index is 1.98. The largest absolute Gasteiger partial charge is 0.392 e. The third-order valence-corrected chi connectivity index (χ3v) is 3.00. The lowest BCUT2D eigenvalue weighted by Gasteiger charge is -2.10. The lowest BCUT2D eigenvalue weighted by atomic mass is 10.1. The summed E-state index contributed by atoms with van der Waals surface area (Å²) in [4.78, 5) is 0. The van der Waals surface area contributed by atoms with Crippen LogP contribution in [0.15, 0.2) is 48.5 Å². The molecule has 100 valence electrons. The molecule has 0 atom stereocenters. The Morgan fingerprint density at radius 3 is 2.37 bits per heavy atom. The van der Waals surface area contributed by atoms with Crippen LogP contribution in [0.4, 0.5) is 5.69 Å². The zero-order chi connectivity index (χ0) is 13.5. The number of nitrogens with one attached hydrogen (secondary N) is 1. The van der Waals surface area contributed by atoms with Gasteiger partial charge in [-0.25, -0.2) is 0 Å². The Hall–Kier alpha value is -1.84. The summed E-state index contributed by atoms with van der Waals surface area (Å²) in [5.41, 5.74) is 4.26. The third kappa shape index (κ3) is 3.81. The van der Waals surface area contributed by atoms with Crippen molar-refractivity contribution in [1.29, 1.82) is 0 Å². The smallest absolute Gasteiger partial charge is 0.0713 e. The molecular formula is C16H19NO2. The molecule has 0 aliphatic rings. The molecular weight excluding hydrogens is 238 g/mol. The van der Waals surface area contributed by atoms with Gasteiger partial charge in [-0.1, -0.05) is 42.5 Å². The van der Waals surface area contributed by atoms with Gasteiger partial charge in [-0.3, -0.25) is 0 Å². The molecule has 0 aliphatic heterocycles. The van der Waals surface area contributed by atoms with Crippen molar-refractivity contribution < 1.29 is 9.84 Å². The summed E-state index contributed by atoms with van der Waals surface area (Å²) in [5.74, 6) is 0. The first-order chi connectivity index (χ1) is 9.33. The summed E-state index contributed by atoms with van der Waals surface area (Å²) in [6.45, 7) is 1.43. The van der Waals surface area contributed by atoms with Gasteiger partial charge in [0.1, 0.15) is 0 Å². The molecule has 3 heteroatoms. The fourth-order valence-corrected chi connectivity index (χ4v) is 1.95. The molecule has 0 radical (unpaired) electrons. The summed E-state index contributed by atoms with van der Waals surface area (Å²) in [6, 6.07) is 16.1. The van der Waals surface area contributed by atoms with Gasteiger partial charge in [-0.05, 0) is 17.2 Å². The number of methoxy groups -OCH3 is 1. The Labute approximate surface area is 113 Å². The second-order valence-electron chi connectivity index (χ2n) is 4.42. The molecule has 0 spiro atoms. The minimum atomic E-state index is 0.0515. The molecule has 0 saturated heterocycles.